The largest absolute Gasteiger partial charge is 0.449 e. The summed E-state index contributed by atoms with van der Waals surface area (Å²) in [4.78, 5) is 23.5. The second kappa shape index (κ2) is 6.62. The van der Waals surface area contributed by atoms with Crippen LogP contribution in [-0.4, -0.2) is 43.6 Å². The number of rotatable bonds is 2. The summed E-state index contributed by atoms with van der Waals surface area (Å²) in [5.41, 5.74) is 0.296. The second-order valence-electron chi connectivity index (χ2n) is 9.25. The minimum Gasteiger partial charge on any atom is -0.449 e. The molecular formula is C21H27NO6S. The van der Waals surface area contributed by atoms with E-state index in [4.69, 9.17) is 9.29 Å². The van der Waals surface area contributed by atoms with Crippen molar-refractivity contribution in [2.24, 2.45) is 16.7 Å². The van der Waals surface area contributed by atoms with Crippen molar-refractivity contribution in [3.63, 3.8) is 0 Å². The predicted molar refractivity (Wildman–Crippen MR) is 106 cm³/mol. The Morgan fingerprint density at radius 1 is 1.21 bits per heavy atom. The number of esters is 1. The van der Waals surface area contributed by atoms with Crippen LogP contribution in [0.4, 0.5) is 0 Å². The van der Waals surface area contributed by atoms with Gasteiger partial charge in [-0.3, -0.25) is 9.35 Å². The van der Waals surface area contributed by atoms with Crippen molar-refractivity contribution >= 4 is 21.9 Å². The number of benzene rings is 1. The molecule has 2 bridgehead atoms. The van der Waals surface area contributed by atoms with Gasteiger partial charge < -0.3 is 10.1 Å². The Bertz CT molecular complexity index is 963. The van der Waals surface area contributed by atoms with Crippen molar-refractivity contribution in [1.82, 2.24) is 5.32 Å². The topological polar surface area (TPSA) is 110 Å². The molecule has 2 aliphatic carbocycles. The summed E-state index contributed by atoms with van der Waals surface area (Å²) in [7, 11) is -4.08. The maximum absolute atomic E-state index is 11.9. The molecule has 1 saturated heterocycles. The molecule has 5 rings (SSSR count). The van der Waals surface area contributed by atoms with Crippen molar-refractivity contribution in [1.29, 1.82) is 0 Å². The molecule has 29 heavy (non-hydrogen) atoms. The molecule has 0 radical (unpaired) electrons. The average Bonchev–Trinajstić information content (AvgIpc) is 3.32. The molecule has 4 aliphatic rings. The van der Waals surface area contributed by atoms with Crippen LogP contribution in [0.2, 0.25) is 0 Å². The van der Waals surface area contributed by atoms with Crippen LogP contribution in [0.15, 0.2) is 24.3 Å². The van der Waals surface area contributed by atoms with Gasteiger partial charge in [0.1, 0.15) is 5.78 Å². The number of nitrogens with one attached hydrogen (secondary N) is 1. The third-order valence-electron chi connectivity index (χ3n) is 7.61. The molecular weight excluding hydrogens is 394 g/mol. The van der Waals surface area contributed by atoms with Gasteiger partial charge in [0.2, 0.25) is 0 Å². The quantitative estimate of drug-likeness (QED) is 0.557. The number of carbonyl (C=O) groups excluding carboxylic acids is 2. The van der Waals surface area contributed by atoms with E-state index in [1.165, 1.54) is 0 Å². The minimum atomic E-state index is -4.08. The van der Waals surface area contributed by atoms with Gasteiger partial charge in [-0.05, 0) is 36.8 Å². The van der Waals surface area contributed by atoms with E-state index < -0.39 is 21.3 Å². The zero-order chi connectivity index (χ0) is 21.1. The monoisotopic (exact) mass is 421 g/mol. The first-order chi connectivity index (χ1) is 13.5. The smallest absolute Gasteiger partial charge is 0.339 e. The van der Waals surface area contributed by atoms with Crippen LogP contribution < -0.4 is 5.32 Å². The van der Waals surface area contributed by atoms with E-state index in [1.54, 1.807) is 0 Å². The molecule has 2 aliphatic heterocycles. The number of hydrogen-bond acceptors (Lipinski definition) is 6. The molecule has 1 spiro atoms. The van der Waals surface area contributed by atoms with Gasteiger partial charge in [-0.15, -0.1) is 0 Å². The van der Waals surface area contributed by atoms with E-state index in [2.05, 4.69) is 5.32 Å². The van der Waals surface area contributed by atoms with Gasteiger partial charge in [-0.25, -0.2) is 4.79 Å². The van der Waals surface area contributed by atoms with Crippen LogP contribution in [0.3, 0.4) is 0 Å². The van der Waals surface area contributed by atoms with Crippen LogP contribution in [0, 0.1) is 16.7 Å². The Kier molecular flexibility index (Phi) is 4.68. The Labute approximate surface area is 171 Å². The number of ether oxygens (including phenoxy) is 1. The number of fused-ring (bicyclic) bond motifs is 4. The molecule has 1 aromatic carbocycles. The van der Waals surface area contributed by atoms with E-state index in [-0.39, 0.29) is 28.7 Å². The van der Waals surface area contributed by atoms with E-state index in [0.29, 0.717) is 12.8 Å². The number of carbonyl (C=O) groups is 2. The molecule has 3 atom stereocenters. The van der Waals surface area contributed by atoms with Gasteiger partial charge in [0.15, 0.2) is 5.60 Å². The van der Waals surface area contributed by atoms with E-state index in [0.717, 1.165) is 37.1 Å². The highest BCUT2D eigenvalue weighted by Gasteiger charge is 2.65. The minimum absolute atomic E-state index is 0.0152. The highest BCUT2D eigenvalue weighted by atomic mass is 32.2. The Morgan fingerprint density at radius 2 is 1.93 bits per heavy atom. The lowest BCUT2D eigenvalue weighted by Crippen LogP contribution is -2.42. The zero-order valence-corrected chi connectivity index (χ0v) is 17.5. The summed E-state index contributed by atoms with van der Waals surface area (Å²) in [6.07, 6.45) is 2.86. The van der Waals surface area contributed by atoms with Gasteiger partial charge in [0, 0.05) is 24.9 Å². The molecule has 2 N–H and O–H groups in total. The van der Waals surface area contributed by atoms with Crippen LogP contribution in [0.25, 0.3) is 0 Å². The average molecular weight is 422 g/mol. The summed E-state index contributed by atoms with van der Waals surface area (Å²) >= 11 is 0. The van der Waals surface area contributed by atoms with Gasteiger partial charge in [-0.1, -0.05) is 32.0 Å². The molecule has 8 heteroatoms. The molecule has 1 aromatic rings. The Hall–Kier alpha value is -1.77. The molecule has 2 heterocycles. The van der Waals surface area contributed by atoms with Gasteiger partial charge in [0.25, 0.3) is 10.1 Å². The van der Waals surface area contributed by atoms with E-state index in [9.17, 15) is 18.0 Å². The van der Waals surface area contributed by atoms with Gasteiger partial charge >= 0.3 is 5.97 Å². The summed E-state index contributed by atoms with van der Waals surface area (Å²) in [5, 5.41) is 3.24. The number of ketones is 1. The fourth-order valence-corrected chi connectivity index (χ4v) is 7.05. The lowest BCUT2D eigenvalue weighted by atomic mass is 9.70. The van der Waals surface area contributed by atoms with Gasteiger partial charge in [-0.2, -0.15) is 8.42 Å². The standard InChI is InChI=1S/C11H11NO2.C10H16O4S/c13-10-8-3-1-2-4-9(8)11(14-10)5-6-12-7-11;1-9(2)7-3-4-10(9,8(11)5-7)6-15(12,13)14/h1-4,12H,5-7H2;7H,3-6H2,1-2H3,(H,12,13,14). The van der Waals surface area contributed by atoms with Gasteiger partial charge in [0.05, 0.1) is 16.7 Å². The highest BCUT2D eigenvalue weighted by molar-refractivity contribution is 7.85. The van der Waals surface area contributed by atoms with Crippen molar-refractivity contribution in [3.8, 4) is 0 Å². The third-order valence-corrected chi connectivity index (χ3v) is 8.47. The van der Waals surface area contributed by atoms with Crippen molar-refractivity contribution in [3.05, 3.63) is 35.4 Å². The van der Waals surface area contributed by atoms with Crippen LogP contribution in [0.5, 0.6) is 0 Å². The second-order valence-corrected chi connectivity index (χ2v) is 10.7. The fraction of sp³-hybridized carbons (Fsp3) is 0.619. The number of Topliss-reactive ketones (excluding diaryl/α,β-unsaturated/α-hetero) is 1. The van der Waals surface area contributed by atoms with E-state index >= 15 is 0 Å². The lowest BCUT2D eigenvalue weighted by Gasteiger charge is -2.35. The Morgan fingerprint density at radius 3 is 2.48 bits per heavy atom. The molecule has 3 unspecified atom stereocenters. The van der Waals surface area contributed by atoms with Crippen molar-refractivity contribution in [2.45, 2.75) is 45.1 Å². The normalized spacial score (nSPS) is 34.1. The first-order valence-corrected chi connectivity index (χ1v) is 11.6. The SMILES string of the molecule is CC1(C)C2CCC1(CS(=O)(=O)O)C(=O)C2.O=C1OC2(CCNC2)c2ccccc21. The molecule has 0 amide bonds. The summed E-state index contributed by atoms with van der Waals surface area (Å²) < 4.78 is 36.5. The van der Waals surface area contributed by atoms with Crippen LogP contribution in [-0.2, 0) is 25.3 Å². The summed E-state index contributed by atoms with van der Waals surface area (Å²) in [6.45, 7) is 5.55. The highest BCUT2D eigenvalue weighted by Crippen LogP contribution is 2.64. The predicted octanol–water partition coefficient (Wildman–Crippen LogP) is 2.32. The first kappa shape index (κ1) is 20.5. The fourth-order valence-electron chi connectivity index (χ4n) is 5.75. The van der Waals surface area contributed by atoms with Crippen molar-refractivity contribution < 1.29 is 27.3 Å². The number of hydrogen-bond donors (Lipinski definition) is 2. The molecule has 7 nitrogen and oxygen atoms in total. The zero-order valence-electron chi connectivity index (χ0n) is 16.7. The first-order valence-electron chi connectivity index (χ1n) is 10.0. The van der Waals surface area contributed by atoms with Crippen molar-refractivity contribution in [2.75, 3.05) is 18.8 Å². The molecule has 158 valence electrons. The molecule has 3 fully saturated rings. The van der Waals surface area contributed by atoms with E-state index in [1.807, 2.05) is 38.1 Å². The summed E-state index contributed by atoms with van der Waals surface area (Å²) in [6, 6.07) is 7.67. The molecule has 0 aromatic heterocycles. The summed E-state index contributed by atoms with van der Waals surface area (Å²) in [5.74, 6) is -0.278. The maximum atomic E-state index is 11.9. The Balaban J connectivity index is 0.000000141. The third kappa shape index (κ3) is 3.12. The van der Waals surface area contributed by atoms with Crippen LogP contribution in [0.1, 0.15) is 55.5 Å². The molecule has 2 saturated carbocycles. The van der Waals surface area contributed by atoms with Crippen LogP contribution >= 0.6 is 0 Å². The lowest BCUT2D eigenvalue weighted by molar-refractivity contribution is -0.128. The maximum Gasteiger partial charge on any atom is 0.339 e.